The summed E-state index contributed by atoms with van der Waals surface area (Å²) in [6, 6.07) is 0. The molecule has 0 saturated carbocycles. The minimum atomic E-state index is 1.16. The topological polar surface area (TPSA) is 0 Å². The Morgan fingerprint density at radius 3 is 1.71 bits per heavy atom. The molecule has 0 bridgehead atoms. The third-order valence-corrected chi connectivity index (χ3v) is 2.26. The fourth-order valence-electron chi connectivity index (χ4n) is 1.43. The Morgan fingerprint density at radius 2 is 0.929 bits per heavy atom. The summed E-state index contributed by atoms with van der Waals surface area (Å²) in [6.45, 7) is 0. The van der Waals surface area contributed by atoms with Crippen LogP contribution in [0.4, 0.5) is 0 Å². The molecule has 0 aromatic carbocycles. The van der Waals surface area contributed by atoms with Gasteiger partial charge in [0.15, 0.2) is 0 Å². The first-order chi connectivity index (χ1) is 7.00. The lowest BCUT2D eigenvalue weighted by Crippen LogP contribution is -1.73. The van der Waals surface area contributed by atoms with Crippen LogP contribution in [-0.4, -0.2) is 0 Å². The molecule has 14 heavy (non-hydrogen) atoms. The van der Waals surface area contributed by atoms with Crippen LogP contribution in [0.2, 0.25) is 0 Å². The van der Waals surface area contributed by atoms with Crippen LogP contribution in [0.5, 0.6) is 0 Å². The Hall–Kier alpha value is -1.04. The van der Waals surface area contributed by atoms with E-state index < -0.39 is 0 Å². The molecule has 0 aromatic heterocycles. The summed E-state index contributed by atoms with van der Waals surface area (Å²) in [4.78, 5) is 0. The lowest BCUT2D eigenvalue weighted by atomic mass is 10.1. The molecule has 0 radical (unpaired) electrons. The predicted molar refractivity (Wildman–Crippen MR) is 64.3 cm³/mol. The van der Waals surface area contributed by atoms with Gasteiger partial charge in [-0.15, -0.1) is 0 Å². The molecule has 0 heteroatoms. The summed E-state index contributed by atoms with van der Waals surface area (Å²) in [5.41, 5.74) is 0. The van der Waals surface area contributed by atoms with Crippen molar-refractivity contribution in [3.05, 3.63) is 48.6 Å². The lowest BCUT2D eigenvalue weighted by Gasteiger charge is -1.93. The summed E-state index contributed by atoms with van der Waals surface area (Å²) in [7, 11) is 0. The van der Waals surface area contributed by atoms with Gasteiger partial charge in [-0.3, -0.25) is 0 Å². The molecule has 1 aliphatic rings. The molecule has 1 rings (SSSR count). The first-order valence-corrected chi connectivity index (χ1v) is 5.63. The van der Waals surface area contributed by atoms with Crippen molar-refractivity contribution in [1.29, 1.82) is 0 Å². The molecular formula is C14H20. The zero-order chi connectivity index (χ0) is 9.90. The van der Waals surface area contributed by atoms with Crippen molar-refractivity contribution in [1.82, 2.24) is 0 Å². The van der Waals surface area contributed by atoms with E-state index in [9.17, 15) is 0 Å². The number of hydrogen-bond donors (Lipinski definition) is 0. The maximum atomic E-state index is 2.32. The van der Waals surface area contributed by atoms with Crippen molar-refractivity contribution in [3.63, 3.8) is 0 Å². The third-order valence-electron chi connectivity index (χ3n) is 2.26. The highest BCUT2D eigenvalue weighted by Gasteiger charge is 1.83. The van der Waals surface area contributed by atoms with E-state index in [0.717, 1.165) is 6.42 Å². The zero-order valence-electron chi connectivity index (χ0n) is 8.86. The average molecular weight is 188 g/mol. The van der Waals surface area contributed by atoms with Crippen LogP contribution in [-0.2, 0) is 0 Å². The van der Waals surface area contributed by atoms with Gasteiger partial charge >= 0.3 is 0 Å². The highest BCUT2D eigenvalue weighted by Crippen LogP contribution is 2.03. The Bertz CT molecular complexity index is 228. The first kappa shape index (κ1) is 11.0. The highest BCUT2D eigenvalue weighted by molar-refractivity contribution is 5.11. The Morgan fingerprint density at radius 1 is 0.429 bits per heavy atom. The molecule has 1 aliphatic carbocycles. The fraction of sp³-hybridized carbons (Fsp3) is 0.429. The van der Waals surface area contributed by atoms with Gasteiger partial charge in [0.05, 0.1) is 0 Å². The van der Waals surface area contributed by atoms with E-state index in [1.807, 2.05) is 0 Å². The number of hydrogen-bond acceptors (Lipinski definition) is 0. The first-order valence-electron chi connectivity index (χ1n) is 5.63. The van der Waals surface area contributed by atoms with Gasteiger partial charge in [0.1, 0.15) is 0 Å². The van der Waals surface area contributed by atoms with Crippen LogP contribution in [0, 0.1) is 0 Å². The second-order valence-electron chi connectivity index (χ2n) is 3.57. The molecule has 0 heterocycles. The molecular weight excluding hydrogens is 168 g/mol. The van der Waals surface area contributed by atoms with Crippen LogP contribution in [0.1, 0.15) is 38.5 Å². The monoisotopic (exact) mass is 188 g/mol. The van der Waals surface area contributed by atoms with Gasteiger partial charge in [0.2, 0.25) is 0 Å². The van der Waals surface area contributed by atoms with Crippen molar-refractivity contribution in [3.8, 4) is 0 Å². The van der Waals surface area contributed by atoms with E-state index in [4.69, 9.17) is 0 Å². The maximum absolute atomic E-state index is 2.32. The van der Waals surface area contributed by atoms with Crippen molar-refractivity contribution in [2.75, 3.05) is 0 Å². The Labute approximate surface area is 87.7 Å². The fourth-order valence-corrected chi connectivity index (χ4v) is 1.43. The van der Waals surface area contributed by atoms with Gasteiger partial charge in [-0.1, -0.05) is 48.6 Å². The minimum absolute atomic E-state index is 1.16. The summed E-state index contributed by atoms with van der Waals surface area (Å²) in [5.74, 6) is 0. The number of rotatable bonds is 0. The summed E-state index contributed by atoms with van der Waals surface area (Å²) >= 11 is 0. The van der Waals surface area contributed by atoms with E-state index in [2.05, 4.69) is 48.6 Å². The molecule has 0 unspecified atom stereocenters. The average Bonchev–Trinajstić information content (AvgIpc) is 2.22. The van der Waals surface area contributed by atoms with Gasteiger partial charge in [-0.2, -0.15) is 0 Å². The summed E-state index contributed by atoms with van der Waals surface area (Å²) in [5, 5.41) is 0. The number of allylic oxidation sites excluding steroid dienone is 8. The van der Waals surface area contributed by atoms with Gasteiger partial charge in [0, 0.05) is 0 Å². The van der Waals surface area contributed by atoms with Crippen LogP contribution in [0.3, 0.4) is 0 Å². The normalized spacial score (nSPS) is 28.6. The lowest BCUT2D eigenvalue weighted by molar-refractivity contribution is 0.760. The zero-order valence-corrected chi connectivity index (χ0v) is 8.86. The molecule has 0 aliphatic heterocycles. The quantitative estimate of drug-likeness (QED) is 0.489. The van der Waals surface area contributed by atoms with Gasteiger partial charge < -0.3 is 0 Å². The van der Waals surface area contributed by atoms with E-state index >= 15 is 0 Å². The third kappa shape index (κ3) is 6.47. The largest absolute Gasteiger partial charge is 0.0885 e. The summed E-state index contributed by atoms with van der Waals surface area (Å²) < 4.78 is 0. The predicted octanol–water partition coefficient (Wildman–Crippen LogP) is 4.57. The molecule has 0 atom stereocenters. The standard InChI is InChI=1S/C14H20/c1-2-4-6-8-10-12-14-13-11-9-7-5-3-1/h1-6,11,13H,7-10,12,14H2/b2-1-,5-3-,6-4-,13-11-. The SMILES string of the molecule is C1=C\C=C/CCCC/C=C\CC\C=C/1. The molecule has 0 amide bonds. The minimum Gasteiger partial charge on any atom is -0.0885 e. The van der Waals surface area contributed by atoms with Crippen molar-refractivity contribution >= 4 is 0 Å². The van der Waals surface area contributed by atoms with Crippen molar-refractivity contribution < 1.29 is 0 Å². The van der Waals surface area contributed by atoms with Crippen LogP contribution >= 0.6 is 0 Å². The molecule has 0 aromatic rings. The smallest absolute Gasteiger partial charge is 0.0313 e. The summed E-state index contributed by atoms with van der Waals surface area (Å²) in [6.07, 6.45) is 25.0. The second-order valence-corrected chi connectivity index (χ2v) is 3.57. The van der Waals surface area contributed by atoms with E-state index in [1.54, 1.807) is 0 Å². The van der Waals surface area contributed by atoms with Crippen molar-refractivity contribution in [2.45, 2.75) is 38.5 Å². The van der Waals surface area contributed by atoms with E-state index in [-0.39, 0.29) is 0 Å². The molecule has 0 N–H and O–H groups in total. The molecule has 76 valence electrons. The Kier molecular flexibility index (Phi) is 6.74. The van der Waals surface area contributed by atoms with Gasteiger partial charge in [-0.05, 0) is 38.5 Å². The second kappa shape index (κ2) is 8.55. The van der Waals surface area contributed by atoms with Crippen LogP contribution in [0.25, 0.3) is 0 Å². The molecule has 0 nitrogen and oxygen atoms in total. The van der Waals surface area contributed by atoms with E-state index in [0.29, 0.717) is 0 Å². The highest BCUT2D eigenvalue weighted by atomic mass is 13.9. The van der Waals surface area contributed by atoms with Crippen LogP contribution < -0.4 is 0 Å². The van der Waals surface area contributed by atoms with Crippen molar-refractivity contribution in [2.24, 2.45) is 0 Å². The maximum Gasteiger partial charge on any atom is -0.0313 e. The van der Waals surface area contributed by atoms with Gasteiger partial charge in [0.25, 0.3) is 0 Å². The Balaban J connectivity index is 2.35. The van der Waals surface area contributed by atoms with E-state index in [1.165, 1.54) is 32.1 Å². The van der Waals surface area contributed by atoms with Gasteiger partial charge in [-0.25, -0.2) is 0 Å². The van der Waals surface area contributed by atoms with Crippen LogP contribution in [0.15, 0.2) is 48.6 Å². The molecule has 0 fully saturated rings. The molecule has 0 saturated heterocycles. The molecule has 0 spiro atoms.